The molecule has 0 aliphatic rings. The van der Waals surface area contributed by atoms with E-state index in [2.05, 4.69) is 22.5 Å². The number of hydrogen-bond acceptors (Lipinski definition) is 2. The van der Waals surface area contributed by atoms with Crippen molar-refractivity contribution in [3.63, 3.8) is 0 Å². The summed E-state index contributed by atoms with van der Waals surface area (Å²) in [6.07, 6.45) is 3.87. The number of ether oxygens (including phenoxy) is 1. The first-order chi connectivity index (χ1) is 11.3. The molecule has 0 bridgehead atoms. The molecule has 138 valence electrons. The lowest BCUT2D eigenvalue weighted by molar-refractivity contribution is 0.143. The normalized spacial score (nSPS) is 11.0. The molecule has 6 heteroatoms. The Labute approximate surface area is 162 Å². The second kappa shape index (κ2) is 15.6. The summed E-state index contributed by atoms with van der Waals surface area (Å²) in [6.45, 7) is 8.13. The van der Waals surface area contributed by atoms with Crippen LogP contribution in [0, 0.1) is 5.82 Å². The van der Waals surface area contributed by atoms with E-state index in [4.69, 9.17) is 4.74 Å². The smallest absolute Gasteiger partial charge is 0.191 e. The maximum absolute atomic E-state index is 13.1. The highest BCUT2D eigenvalue weighted by Crippen LogP contribution is 2.06. The van der Waals surface area contributed by atoms with Crippen LogP contribution in [0.4, 0.5) is 4.39 Å². The van der Waals surface area contributed by atoms with Gasteiger partial charge in [0, 0.05) is 32.8 Å². The molecule has 0 radical (unpaired) electrons. The summed E-state index contributed by atoms with van der Waals surface area (Å²) >= 11 is 0. The first kappa shape index (κ1) is 23.1. The number of hydrogen-bond donors (Lipinski definition) is 2. The Morgan fingerprint density at radius 3 is 2.71 bits per heavy atom. The average molecular weight is 451 g/mol. The zero-order chi connectivity index (χ0) is 16.8. The van der Waals surface area contributed by atoms with Gasteiger partial charge in [-0.3, -0.25) is 4.99 Å². The van der Waals surface area contributed by atoms with Gasteiger partial charge < -0.3 is 15.4 Å². The van der Waals surface area contributed by atoms with Crippen LogP contribution >= 0.6 is 24.0 Å². The van der Waals surface area contributed by atoms with Gasteiger partial charge in [-0.1, -0.05) is 12.1 Å². The minimum Gasteiger partial charge on any atom is -0.382 e. The molecule has 0 saturated heterocycles. The number of aliphatic imine (C=N–C) groups is 1. The minimum absolute atomic E-state index is 0. The van der Waals surface area contributed by atoms with Crippen molar-refractivity contribution >= 4 is 29.9 Å². The van der Waals surface area contributed by atoms with E-state index in [0.717, 1.165) is 70.1 Å². The second-order valence-electron chi connectivity index (χ2n) is 5.32. The topological polar surface area (TPSA) is 45.7 Å². The van der Waals surface area contributed by atoms with Crippen LogP contribution in [-0.4, -0.2) is 38.8 Å². The predicted octanol–water partition coefficient (Wildman–Crippen LogP) is 3.75. The van der Waals surface area contributed by atoms with Crippen LogP contribution in [0.15, 0.2) is 29.3 Å². The summed E-state index contributed by atoms with van der Waals surface area (Å²) in [5.74, 6) is 0.677. The Morgan fingerprint density at radius 2 is 2.00 bits per heavy atom. The Morgan fingerprint density at radius 1 is 1.17 bits per heavy atom. The van der Waals surface area contributed by atoms with Crippen LogP contribution in [0.2, 0.25) is 0 Å². The molecule has 0 spiro atoms. The quantitative estimate of drug-likeness (QED) is 0.233. The van der Waals surface area contributed by atoms with Gasteiger partial charge in [-0.05, 0) is 57.2 Å². The summed E-state index contributed by atoms with van der Waals surface area (Å²) in [5, 5.41) is 6.57. The predicted molar refractivity (Wildman–Crippen MR) is 110 cm³/mol. The molecule has 0 aliphatic carbocycles. The zero-order valence-corrected chi connectivity index (χ0v) is 17.1. The van der Waals surface area contributed by atoms with Gasteiger partial charge in [0.2, 0.25) is 0 Å². The lowest BCUT2D eigenvalue weighted by Crippen LogP contribution is -2.38. The van der Waals surface area contributed by atoms with Crippen molar-refractivity contribution in [2.45, 2.75) is 39.5 Å². The van der Waals surface area contributed by atoms with Gasteiger partial charge in [-0.2, -0.15) is 0 Å². The van der Waals surface area contributed by atoms with E-state index < -0.39 is 0 Å². The number of rotatable bonds is 11. The Hall–Kier alpha value is -0.890. The van der Waals surface area contributed by atoms with Crippen LogP contribution in [0.1, 0.15) is 38.7 Å². The molecule has 0 aliphatic heterocycles. The van der Waals surface area contributed by atoms with Crippen molar-refractivity contribution in [2.24, 2.45) is 4.99 Å². The Bertz CT molecular complexity index is 458. The van der Waals surface area contributed by atoms with E-state index in [1.54, 1.807) is 12.1 Å². The van der Waals surface area contributed by atoms with Gasteiger partial charge in [0.1, 0.15) is 5.82 Å². The van der Waals surface area contributed by atoms with Crippen LogP contribution < -0.4 is 10.6 Å². The fourth-order valence-corrected chi connectivity index (χ4v) is 2.19. The van der Waals surface area contributed by atoms with E-state index >= 15 is 0 Å². The zero-order valence-electron chi connectivity index (χ0n) is 14.8. The van der Waals surface area contributed by atoms with Gasteiger partial charge in [-0.25, -0.2) is 4.39 Å². The fourth-order valence-electron chi connectivity index (χ4n) is 2.19. The molecule has 24 heavy (non-hydrogen) atoms. The van der Waals surface area contributed by atoms with Gasteiger partial charge in [0.25, 0.3) is 0 Å². The lowest BCUT2D eigenvalue weighted by Gasteiger charge is -2.11. The number of nitrogens with zero attached hydrogens (tertiary/aromatic N) is 1. The third-order valence-electron chi connectivity index (χ3n) is 3.34. The van der Waals surface area contributed by atoms with E-state index in [1.807, 2.05) is 13.0 Å². The van der Waals surface area contributed by atoms with Crippen molar-refractivity contribution in [1.82, 2.24) is 10.6 Å². The summed E-state index contributed by atoms with van der Waals surface area (Å²) in [4.78, 5) is 4.55. The molecule has 0 unspecified atom stereocenters. The van der Waals surface area contributed by atoms with Crippen molar-refractivity contribution in [3.05, 3.63) is 35.6 Å². The molecule has 0 saturated carbocycles. The van der Waals surface area contributed by atoms with E-state index in [-0.39, 0.29) is 29.8 Å². The lowest BCUT2D eigenvalue weighted by atomic mass is 10.1. The Kier molecular flexibility index (Phi) is 15.0. The molecule has 1 aromatic carbocycles. The number of halogens is 2. The molecule has 0 fully saturated rings. The third-order valence-corrected chi connectivity index (χ3v) is 3.34. The van der Waals surface area contributed by atoms with Crippen LogP contribution in [0.3, 0.4) is 0 Å². The monoisotopic (exact) mass is 451 g/mol. The molecule has 2 N–H and O–H groups in total. The van der Waals surface area contributed by atoms with Crippen molar-refractivity contribution in [1.29, 1.82) is 0 Å². The highest BCUT2D eigenvalue weighted by molar-refractivity contribution is 14.0. The summed E-state index contributed by atoms with van der Waals surface area (Å²) in [5.41, 5.74) is 1.02. The molecular weight excluding hydrogens is 420 g/mol. The van der Waals surface area contributed by atoms with Gasteiger partial charge in [0.15, 0.2) is 5.96 Å². The largest absolute Gasteiger partial charge is 0.382 e. The molecule has 1 rings (SSSR count). The molecular formula is C18H31FIN3O. The van der Waals surface area contributed by atoms with Crippen LogP contribution in [-0.2, 0) is 11.2 Å². The third kappa shape index (κ3) is 11.6. The maximum Gasteiger partial charge on any atom is 0.191 e. The number of aryl methyl sites for hydroxylation is 1. The van der Waals surface area contributed by atoms with Crippen molar-refractivity contribution in [3.8, 4) is 0 Å². The first-order valence-electron chi connectivity index (χ1n) is 8.60. The number of unbranched alkanes of at least 4 members (excludes halogenated alkanes) is 1. The van der Waals surface area contributed by atoms with E-state index in [9.17, 15) is 4.39 Å². The molecule has 0 atom stereocenters. The van der Waals surface area contributed by atoms with Gasteiger partial charge in [0.05, 0.1) is 0 Å². The fraction of sp³-hybridized carbons (Fsp3) is 0.611. The van der Waals surface area contributed by atoms with Crippen molar-refractivity contribution in [2.75, 3.05) is 32.8 Å². The molecule has 0 amide bonds. The van der Waals surface area contributed by atoms with Crippen LogP contribution in [0.25, 0.3) is 0 Å². The average Bonchev–Trinajstić information content (AvgIpc) is 2.54. The SMILES string of the molecule is CCNC(=NCCCc1cccc(F)c1)NCCCCOCC.I. The van der Waals surface area contributed by atoms with Gasteiger partial charge in [-0.15, -0.1) is 24.0 Å². The standard InChI is InChI=1S/C18H30FN3O.HI/c1-3-20-18(21-12-5-6-14-23-4-2)22-13-8-10-16-9-7-11-17(19)15-16;/h7,9,11,15H,3-6,8,10,12-14H2,1-2H3,(H2,20,21,22);1H. The molecule has 0 aromatic heterocycles. The van der Waals surface area contributed by atoms with Crippen molar-refractivity contribution < 1.29 is 9.13 Å². The van der Waals surface area contributed by atoms with E-state index in [0.29, 0.717) is 0 Å². The van der Waals surface area contributed by atoms with Gasteiger partial charge >= 0.3 is 0 Å². The highest BCUT2D eigenvalue weighted by atomic mass is 127. The highest BCUT2D eigenvalue weighted by Gasteiger charge is 1.98. The molecule has 1 aromatic rings. The Balaban J connectivity index is 0.00000529. The molecule has 0 heterocycles. The first-order valence-corrected chi connectivity index (χ1v) is 8.60. The minimum atomic E-state index is -0.173. The second-order valence-corrected chi connectivity index (χ2v) is 5.32. The maximum atomic E-state index is 13.1. The molecule has 4 nitrogen and oxygen atoms in total. The van der Waals surface area contributed by atoms with E-state index in [1.165, 1.54) is 6.07 Å². The summed E-state index contributed by atoms with van der Waals surface area (Å²) in [6, 6.07) is 6.77. The van der Waals surface area contributed by atoms with Crippen LogP contribution in [0.5, 0.6) is 0 Å². The number of benzene rings is 1. The summed E-state index contributed by atoms with van der Waals surface area (Å²) in [7, 11) is 0. The number of nitrogens with one attached hydrogen (secondary N) is 2. The summed E-state index contributed by atoms with van der Waals surface area (Å²) < 4.78 is 18.4. The number of guanidine groups is 1.